The molecule has 0 saturated heterocycles. The van der Waals surface area contributed by atoms with Gasteiger partial charge >= 0.3 is 0 Å². The molecule has 4 aromatic rings. The van der Waals surface area contributed by atoms with Crippen molar-refractivity contribution in [1.29, 1.82) is 0 Å². The molecule has 0 aliphatic carbocycles. The summed E-state index contributed by atoms with van der Waals surface area (Å²) >= 11 is 6.17. The van der Waals surface area contributed by atoms with E-state index in [0.717, 1.165) is 33.9 Å². The zero-order valence-corrected chi connectivity index (χ0v) is 16.9. The number of benzene rings is 3. The fourth-order valence-corrected chi connectivity index (χ4v) is 4.34. The first kappa shape index (κ1) is 17.8. The van der Waals surface area contributed by atoms with Gasteiger partial charge in [0.25, 0.3) is 5.91 Å². The van der Waals surface area contributed by atoms with Gasteiger partial charge in [-0.05, 0) is 61.2 Å². The number of hydrogen-bond donors (Lipinski definition) is 1. The standard InChI is InChI=1S/C25H19ClN2O/c1-15-12-18(13-22-21-14-19(26)10-11-23(21)27-25(22)29)16(2)28(15)24-9-5-7-17-6-3-4-8-20(17)24/h3-14H,1-2H3,(H,27,29). The number of hydrogen-bond acceptors (Lipinski definition) is 1. The van der Waals surface area contributed by atoms with Gasteiger partial charge in [-0.25, -0.2) is 0 Å². The molecule has 4 heteroatoms. The van der Waals surface area contributed by atoms with Crippen LogP contribution < -0.4 is 5.32 Å². The Morgan fingerprint density at radius 2 is 1.76 bits per heavy atom. The van der Waals surface area contributed by atoms with Crippen LogP contribution in [-0.4, -0.2) is 10.5 Å². The summed E-state index contributed by atoms with van der Waals surface area (Å²) in [6.45, 7) is 4.18. The van der Waals surface area contributed by atoms with Gasteiger partial charge in [0, 0.05) is 38.6 Å². The molecule has 2 heterocycles. The summed E-state index contributed by atoms with van der Waals surface area (Å²) in [7, 11) is 0. The molecule has 3 nitrogen and oxygen atoms in total. The van der Waals surface area contributed by atoms with Gasteiger partial charge in [-0.15, -0.1) is 0 Å². The smallest absolute Gasteiger partial charge is 0.256 e. The minimum Gasteiger partial charge on any atom is -0.321 e. The van der Waals surface area contributed by atoms with Gasteiger partial charge < -0.3 is 9.88 Å². The molecule has 1 amide bonds. The fourth-order valence-electron chi connectivity index (χ4n) is 4.17. The highest BCUT2D eigenvalue weighted by atomic mass is 35.5. The predicted molar refractivity (Wildman–Crippen MR) is 121 cm³/mol. The summed E-state index contributed by atoms with van der Waals surface area (Å²) in [6, 6.07) is 22.3. The Kier molecular flexibility index (Phi) is 4.07. The molecular formula is C25H19ClN2O. The Morgan fingerprint density at radius 3 is 2.62 bits per heavy atom. The number of rotatable bonds is 2. The van der Waals surface area contributed by atoms with Crippen molar-refractivity contribution >= 4 is 45.6 Å². The SMILES string of the molecule is Cc1cc(C=C2C(=O)Nc3ccc(Cl)cc32)c(C)n1-c1cccc2ccccc12. The van der Waals surface area contributed by atoms with E-state index in [0.29, 0.717) is 10.6 Å². The predicted octanol–water partition coefficient (Wildman–Crippen LogP) is 6.39. The van der Waals surface area contributed by atoms with Crippen LogP contribution >= 0.6 is 11.6 Å². The number of fused-ring (bicyclic) bond motifs is 2. The molecule has 1 aromatic heterocycles. The summed E-state index contributed by atoms with van der Waals surface area (Å²) in [4.78, 5) is 12.6. The van der Waals surface area contributed by atoms with Crippen LogP contribution in [0.25, 0.3) is 28.1 Å². The van der Waals surface area contributed by atoms with Crippen molar-refractivity contribution in [2.45, 2.75) is 13.8 Å². The topological polar surface area (TPSA) is 34.0 Å². The van der Waals surface area contributed by atoms with Crippen molar-refractivity contribution in [1.82, 2.24) is 4.57 Å². The number of aromatic nitrogens is 1. The van der Waals surface area contributed by atoms with Gasteiger partial charge in [0.05, 0.1) is 5.69 Å². The van der Waals surface area contributed by atoms with Crippen LogP contribution in [0.4, 0.5) is 5.69 Å². The Labute approximate surface area is 174 Å². The number of nitrogens with one attached hydrogen (secondary N) is 1. The van der Waals surface area contributed by atoms with Gasteiger partial charge in [0.2, 0.25) is 0 Å². The van der Waals surface area contributed by atoms with E-state index in [1.807, 2.05) is 18.2 Å². The van der Waals surface area contributed by atoms with Crippen LogP contribution in [0.2, 0.25) is 5.02 Å². The largest absolute Gasteiger partial charge is 0.321 e. The van der Waals surface area contributed by atoms with Gasteiger partial charge in [0.1, 0.15) is 0 Å². The number of nitrogens with zero attached hydrogens (tertiary/aromatic N) is 1. The molecule has 0 atom stereocenters. The molecule has 5 rings (SSSR count). The van der Waals surface area contributed by atoms with Crippen LogP contribution in [0.5, 0.6) is 0 Å². The lowest BCUT2D eigenvalue weighted by Crippen LogP contribution is -2.03. The molecule has 0 unspecified atom stereocenters. The second-order valence-electron chi connectivity index (χ2n) is 7.36. The Balaban J connectivity index is 1.68. The Morgan fingerprint density at radius 1 is 0.966 bits per heavy atom. The maximum Gasteiger partial charge on any atom is 0.256 e. The molecule has 0 bridgehead atoms. The van der Waals surface area contributed by atoms with Gasteiger partial charge in [-0.2, -0.15) is 0 Å². The number of anilines is 1. The summed E-state index contributed by atoms with van der Waals surface area (Å²) in [5.74, 6) is -0.0998. The highest BCUT2D eigenvalue weighted by Crippen LogP contribution is 2.36. The third-order valence-corrected chi connectivity index (χ3v) is 5.78. The fraction of sp³-hybridized carbons (Fsp3) is 0.0800. The lowest BCUT2D eigenvalue weighted by atomic mass is 10.0. The van der Waals surface area contributed by atoms with Crippen LogP contribution in [0.1, 0.15) is 22.5 Å². The Hall–Kier alpha value is -3.30. The van der Waals surface area contributed by atoms with E-state index in [1.165, 1.54) is 10.8 Å². The van der Waals surface area contributed by atoms with E-state index in [2.05, 4.69) is 72.3 Å². The van der Waals surface area contributed by atoms with Crippen LogP contribution in [0.15, 0.2) is 66.7 Å². The summed E-state index contributed by atoms with van der Waals surface area (Å²) in [6.07, 6.45) is 1.96. The zero-order chi connectivity index (χ0) is 20.1. The number of carbonyl (C=O) groups is 1. The first-order valence-electron chi connectivity index (χ1n) is 9.53. The molecule has 3 aromatic carbocycles. The third-order valence-electron chi connectivity index (χ3n) is 5.54. The number of carbonyl (C=O) groups excluding carboxylic acids is 1. The van der Waals surface area contributed by atoms with Crippen molar-refractivity contribution in [2.75, 3.05) is 5.32 Å². The molecule has 0 radical (unpaired) electrons. The number of aryl methyl sites for hydroxylation is 1. The second-order valence-corrected chi connectivity index (χ2v) is 7.80. The first-order chi connectivity index (χ1) is 14.0. The van der Waals surface area contributed by atoms with Crippen molar-refractivity contribution < 1.29 is 4.79 Å². The average Bonchev–Trinajstić information content (AvgIpc) is 3.17. The quantitative estimate of drug-likeness (QED) is 0.390. The van der Waals surface area contributed by atoms with Crippen molar-refractivity contribution in [2.24, 2.45) is 0 Å². The molecule has 0 fully saturated rings. The maximum absolute atomic E-state index is 12.6. The van der Waals surface area contributed by atoms with Crippen molar-refractivity contribution in [3.05, 3.63) is 94.3 Å². The molecular weight excluding hydrogens is 380 g/mol. The molecule has 1 N–H and O–H groups in total. The van der Waals surface area contributed by atoms with E-state index in [1.54, 1.807) is 6.07 Å². The molecule has 29 heavy (non-hydrogen) atoms. The molecule has 1 aliphatic rings. The monoisotopic (exact) mass is 398 g/mol. The number of halogens is 1. The second kappa shape index (κ2) is 6.64. The highest BCUT2D eigenvalue weighted by Gasteiger charge is 2.25. The molecule has 0 spiro atoms. The molecule has 0 saturated carbocycles. The maximum atomic E-state index is 12.6. The van der Waals surface area contributed by atoms with E-state index in [9.17, 15) is 4.79 Å². The average molecular weight is 399 g/mol. The van der Waals surface area contributed by atoms with E-state index >= 15 is 0 Å². The van der Waals surface area contributed by atoms with E-state index < -0.39 is 0 Å². The lowest BCUT2D eigenvalue weighted by molar-refractivity contribution is -0.110. The Bertz CT molecular complexity index is 1320. The van der Waals surface area contributed by atoms with Gasteiger partial charge in [0.15, 0.2) is 0 Å². The highest BCUT2D eigenvalue weighted by molar-refractivity contribution is 6.36. The first-order valence-corrected chi connectivity index (χ1v) is 9.91. The zero-order valence-electron chi connectivity index (χ0n) is 16.2. The van der Waals surface area contributed by atoms with Gasteiger partial charge in [-0.1, -0.05) is 48.0 Å². The van der Waals surface area contributed by atoms with Gasteiger partial charge in [-0.3, -0.25) is 4.79 Å². The van der Waals surface area contributed by atoms with E-state index in [-0.39, 0.29) is 5.91 Å². The van der Waals surface area contributed by atoms with E-state index in [4.69, 9.17) is 11.6 Å². The van der Waals surface area contributed by atoms with Crippen LogP contribution in [0.3, 0.4) is 0 Å². The summed E-state index contributed by atoms with van der Waals surface area (Å²) in [5.41, 5.74) is 6.66. The molecule has 142 valence electrons. The van der Waals surface area contributed by atoms with Crippen molar-refractivity contribution in [3.8, 4) is 5.69 Å². The molecule has 1 aliphatic heterocycles. The van der Waals surface area contributed by atoms with Crippen LogP contribution in [0, 0.1) is 13.8 Å². The normalized spacial score (nSPS) is 14.4. The number of amides is 1. The minimum atomic E-state index is -0.0998. The minimum absolute atomic E-state index is 0.0998. The third kappa shape index (κ3) is 2.86. The summed E-state index contributed by atoms with van der Waals surface area (Å²) in [5, 5.41) is 5.94. The van der Waals surface area contributed by atoms with Crippen LogP contribution in [-0.2, 0) is 4.79 Å². The lowest BCUT2D eigenvalue weighted by Gasteiger charge is -2.13. The van der Waals surface area contributed by atoms with Crippen molar-refractivity contribution in [3.63, 3.8) is 0 Å². The summed E-state index contributed by atoms with van der Waals surface area (Å²) < 4.78 is 2.25.